The van der Waals surface area contributed by atoms with E-state index in [0.29, 0.717) is 12.8 Å². The number of hydrogen-bond acceptors (Lipinski definition) is 3. The maximum absolute atomic E-state index is 10.5. The molecular formula is C13H17BrO4. The molecule has 1 rings (SSSR count). The Morgan fingerprint density at radius 1 is 1.39 bits per heavy atom. The van der Waals surface area contributed by atoms with E-state index < -0.39 is 5.97 Å². The summed E-state index contributed by atoms with van der Waals surface area (Å²) in [6.07, 6.45) is 1.34. The van der Waals surface area contributed by atoms with E-state index in [-0.39, 0.29) is 6.42 Å². The highest BCUT2D eigenvalue weighted by molar-refractivity contribution is 9.10. The van der Waals surface area contributed by atoms with Crippen LogP contribution in [0.15, 0.2) is 10.5 Å². The van der Waals surface area contributed by atoms with E-state index in [2.05, 4.69) is 15.9 Å². The minimum atomic E-state index is -0.788. The summed E-state index contributed by atoms with van der Waals surface area (Å²) in [6.45, 7) is 1.94. The Labute approximate surface area is 115 Å². The van der Waals surface area contributed by atoms with Gasteiger partial charge in [0.1, 0.15) is 11.5 Å². The standard InChI is InChI=1S/C13H17BrO4/c1-8-7-10(17-2)9(5-4-6-11(15)16)12(14)13(8)18-3/h7H,4-6H2,1-3H3,(H,15,16). The summed E-state index contributed by atoms with van der Waals surface area (Å²) >= 11 is 3.50. The lowest BCUT2D eigenvalue weighted by Gasteiger charge is -2.15. The van der Waals surface area contributed by atoms with E-state index in [4.69, 9.17) is 14.6 Å². The van der Waals surface area contributed by atoms with E-state index in [0.717, 1.165) is 27.1 Å². The summed E-state index contributed by atoms with van der Waals surface area (Å²) in [5, 5.41) is 8.66. The average Bonchev–Trinajstić information content (AvgIpc) is 2.31. The van der Waals surface area contributed by atoms with Crippen molar-refractivity contribution in [1.82, 2.24) is 0 Å². The highest BCUT2D eigenvalue weighted by Crippen LogP contribution is 2.38. The van der Waals surface area contributed by atoms with Gasteiger partial charge in [-0.3, -0.25) is 4.79 Å². The average molecular weight is 317 g/mol. The smallest absolute Gasteiger partial charge is 0.303 e. The van der Waals surface area contributed by atoms with Crippen molar-refractivity contribution in [3.8, 4) is 11.5 Å². The van der Waals surface area contributed by atoms with Crippen LogP contribution < -0.4 is 9.47 Å². The van der Waals surface area contributed by atoms with Crippen LogP contribution in [-0.2, 0) is 11.2 Å². The lowest BCUT2D eigenvalue weighted by Crippen LogP contribution is -2.01. The molecule has 0 atom stereocenters. The van der Waals surface area contributed by atoms with Crippen LogP contribution in [0.25, 0.3) is 0 Å². The molecule has 0 aliphatic heterocycles. The second-order valence-corrected chi connectivity index (χ2v) is 4.76. The van der Waals surface area contributed by atoms with Crippen molar-refractivity contribution in [1.29, 1.82) is 0 Å². The van der Waals surface area contributed by atoms with Gasteiger partial charge < -0.3 is 14.6 Å². The molecule has 0 amide bonds. The molecule has 0 unspecified atom stereocenters. The third-order valence-corrected chi connectivity index (χ3v) is 3.55. The Morgan fingerprint density at radius 2 is 2.06 bits per heavy atom. The van der Waals surface area contributed by atoms with Gasteiger partial charge in [0, 0.05) is 12.0 Å². The third kappa shape index (κ3) is 3.38. The highest BCUT2D eigenvalue weighted by Gasteiger charge is 2.15. The molecule has 0 aliphatic rings. The van der Waals surface area contributed by atoms with Gasteiger partial charge in [-0.05, 0) is 47.3 Å². The summed E-state index contributed by atoms with van der Waals surface area (Å²) in [4.78, 5) is 10.5. The number of aliphatic carboxylic acids is 1. The maximum atomic E-state index is 10.5. The van der Waals surface area contributed by atoms with Crippen LogP contribution in [0.1, 0.15) is 24.0 Å². The van der Waals surface area contributed by atoms with Crippen molar-refractivity contribution >= 4 is 21.9 Å². The van der Waals surface area contributed by atoms with E-state index in [9.17, 15) is 4.79 Å². The van der Waals surface area contributed by atoms with Gasteiger partial charge in [-0.2, -0.15) is 0 Å². The zero-order valence-electron chi connectivity index (χ0n) is 10.7. The second-order valence-electron chi connectivity index (χ2n) is 3.97. The lowest BCUT2D eigenvalue weighted by molar-refractivity contribution is -0.137. The third-order valence-electron chi connectivity index (χ3n) is 2.71. The Balaban J connectivity index is 3.03. The number of carbonyl (C=O) groups is 1. The molecule has 0 radical (unpaired) electrons. The molecule has 100 valence electrons. The fourth-order valence-electron chi connectivity index (χ4n) is 1.85. The first-order valence-corrected chi connectivity index (χ1v) is 6.42. The maximum Gasteiger partial charge on any atom is 0.303 e. The van der Waals surface area contributed by atoms with Gasteiger partial charge in [-0.15, -0.1) is 0 Å². The van der Waals surface area contributed by atoms with E-state index in [1.54, 1.807) is 14.2 Å². The van der Waals surface area contributed by atoms with Crippen LogP contribution in [0.3, 0.4) is 0 Å². The summed E-state index contributed by atoms with van der Waals surface area (Å²) in [6, 6.07) is 1.90. The van der Waals surface area contributed by atoms with Crippen molar-refractivity contribution < 1.29 is 19.4 Å². The van der Waals surface area contributed by atoms with Crippen molar-refractivity contribution in [2.24, 2.45) is 0 Å². The predicted octanol–water partition coefficient (Wildman–Crippen LogP) is 3.18. The number of carboxylic acids is 1. The molecule has 5 heteroatoms. The minimum Gasteiger partial charge on any atom is -0.496 e. The van der Waals surface area contributed by atoms with Gasteiger partial charge in [0.05, 0.1) is 18.7 Å². The normalized spacial score (nSPS) is 10.2. The highest BCUT2D eigenvalue weighted by atomic mass is 79.9. The number of hydrogen-bond donors (Lipinski definition) is 1. The van der Waals surface area contributed by atoms with E-state index in [1.165, 1.54) is 0 Å². The number of benzene rings is 1. The van der Waals surface area contributed by atoms with Crippen molar-refractivity contribution in [3.05, 3.63) is 21.7 Å². The molecule has 0 heterocycles. The number of ether oxygens (including phenoxy) is 2. The number of halogens is 1. The Morgan fingerprint density at radius 3 is 2.56 bits per heavy atom. The molecule has 0 aromatic heterocycles. The van der Waals surface area contributed by atoms with Crippen LogP contribution in [0.5, 0.6) is 11.5 Å². The lowest BCUT2D eigenvalue weighted by atomic mass is 10.0. The number of rotatable bonds is 6. The van der Waals surface area contributed by atoms with E-state index >= 15 is 0 Å². The Hall–Kier alpha value is -1.23. The summed E-state index contributed by atoms with van der Waals surface area (Å²) < 4.78 is 11.5. The largest absolute Gasteiger partial charge is 0.496 e. The number of carboxylic acid groups (broad SMARTS) is 1. The van der Waals surface area contributed by atoms with E-state index in [1.807, 2.05) is 13.0 Å². The molecule has 18 heavy (non-hydrogen) atoms. The monoisotopic (exact) mass is 316 g/mol. The molecule has 0 aliphatic carbocycles. The van der Waals surface area contributed by atoms with Crippen LogP contribution in [0, 0.1) is 6.92 Å². The molecule has 1 N–H and O–H groups in total. The Bertz CT molecular complexity index is 443. The summed E-state index contributed by atoms with van der Waals surface area (Å²) in [5.74, 6) is 0.732. The molecule has 0 fully saturated rings. The molecule has 1 aromatic rings. The van der Waals surface area contributed by atoms with Crippen molar-refractivity contribution in [2.45, 2.75) is 26.2 Å². The van der Waals surface area contributed by atoms with Crippen LogP contribution in [-0.4, -0.2) is 25.3 Å². The van der Waals surface area contributed by atoms with Gasteiger partial charge in [-0.25, -0.2) is 0 Å². The SMILES string of the molecule is COc1cc(C)c(OC)c(Br)c1CCCC(=O)O. The van der Waals surface area contributed by atoms with Gasteiger partial charge in [0.2, 0.25) is 0 Å². The topological polar surface area (TPSA) is 55.8 Å². The molecule has 0 saturated heterocycles. The number of methoxy groups -OCH3 is 2. The summed E-state index contributed by atoms with van der Waals surface area (Å²) in [5.41, 5.74) is 1.92. The fraction of sp³-hybridized carbons (Fsp3) is 0.462. The fourth-order valence-corrected chi connectivity index (χ4v) is 2.72. The first kappa shape index (κ1) is 14.8. The molecule has 4 nitrogen and oxygen atoms in total. The zero-order valence-corrected chi connectivity index (χ0v) is 12.3. The molecule has 0 bridgehead atoms. The van der Waals surface area contributed by atoms with Gasteiger partial charge in [-0.1, -0.05) is 0 Å². The van der Waals surface area contributed by atoms with Crippen LogP contribution in [0.2, 0.25) is 0 Å². The molecule has 0 saturated carbocycles. The van der Waals surface area contributed by atoms with Crippen LogP contribution >= 0.6 is 15.9 Å². The predicted molar refractivity (Wildman–Crippen MR) is 72.6 cm³/mol. The quantitative estimate of drug-likeness (QED) is 0.875. The molecule has 1 aromatic carbocycles. The molecular weight excluding hydrogens is 300 g/mol. The summed E-state index contributed by atoms with van der Waals surface area (Å²) in [7, 11) is 3.22. The van der Waals surface area contributed by atoms with Gasteiger partial charge in [0.25, 0.3) is 0 Å². The molecule has 0 spiro atoms. The van der Waals surface area contributed by atoms with Gasteiger partial charge in [0.15, 0.2) is 0 Å². The zero-order chi connectivity index (χ0) is 13.7. The van der Waals surface area contributed by atoms with Gasteiger partial charge >= 0.3 is 5.97 Å². The number of aryl methyl sites for hydroxylation is 1. The van der Waals surface area contributed by atoms with Crippen molar-refractivity contribution in [3.63, 3.8) is 0 Å². The Kier molecular flexibility index (Phi) is 5.47. The minimum absolute atomic E-state index is 0.145. The van der Waals surface area contributed by atoms with Crippen molar-refractivity contribution in [2.75, 3.05) is 14.2 Å². The first-order valence-electron chi connectivity index (χ1n) is 5.63. The second kappa shape index (κ2) is 6.64. The first-order chi connectivity index (χ1) is 8.51. The van der Waals surface area contributed by atoms with Crippen LogP contribution in [0.4, 0.5) is 0 Å².